The third-order valence-corrected chi connectivity index (χ3v) is 10.2. The number of ether oxygens (including phenoxy) is 6. The molecule has 4 rings (SSSR count). The van der Waals surface area contributed by atoms with E-state index in [1.807, 2.05) is 69.3 Å². The van der Waals surface area contributed by atoms with Gasteiger partial charge in [-0.15, -0.1) is 0 Å². The molecule has 1 N–H and O–H groups in total. The number of carbonyl (C=O) groups is 1. The first-order valence-corrected chi connectivity index (χ1v) is 19.8. The molecule has 10 nitrogen and oxygen atoms in total. The second-order valence-corrected chi connectivity index (χ2v) is 20.2. The third-order valence-electron chi connectivity index (χ3n) is 7.39. The molecule has 2 aromatic carbocycles. The van der Waals surface area contributed by atoms with Crippen LogP contribution < -0.4 is 9.47 Å². The van der Waals surface area contributed by atoms with Gasteiger partial charge in [-0.3, -0.25) is 9.89 Å². The molecule has 0 bridgehead atoms. The smallest absolute Gasteiger partial charge is 0.416 e. The third kappa shape index (κ3) is 9.69. The van der Waals surface area contributed by atoms with Crippen LogP contribution in [0.5, 0.6) is 11.5 Å². The number of aliphatic hydroxyl groups excluding tert-OH is 1. The number of amides is 1. The normalized spacial score (nSPS) is 24.0. The van der Waals surface area contributed by atoms with Crippen molar-refractivity contribution in [2.24, 2.45) is 4.99 Å². The van der Waals surface area contributed by atoms with E-state index >= 15 is 0 Å². The molecule has 2 aliphatic heterocycles. The number of benzene rings is 2. The first kappa shape index (κ1) is 35.2. The van der Waals surface area contributed by atoms with Crippen LogP contribution in [-0.2, 0) is 32.2 Å². The first-order chi connectivity index (χ1) is 21.2. The first-order valence-electron chi connectivity index (χ1n) is 15.2. The van der Waals surface area contributed by atoms with Crippen molar-refractivity contribution >= 4 is 31.1 Å². The standard InChI is InChI=1S/C33H48N2O8SSi/c1-33(2,3)43-32(37)35(4)31-34-26-28(40-18-21-10-14-23(38-5)15-11-21)29(41-19-22-12-16-24(39-6)17-13-22)27(42-30(26)44-31)25(36)20-45(7,8)9/h10-17,25-30,36H,18-20H2,1-9H3/t25?,26-,27-,28-,29-,30-/m1/s1. The fraction of sp³-hybridized carbons (Fsp3) is 0.576. The summed E-state index contributed by atoms with van der Waals surface area (Å²) in [6, 6.07) is 15.5. The lowest BCUT2D eigenvalue weighted by Gasteiger charge is -2.45. The summed E-state index contributed by atoms with van der Waals surface area (Å²) in [5.74, 6) is 1.51. The van der Waals surface area contributed by atoms with Gasteiger partial charge in [0.1, 0.15) is 46.9 Å². The number of aliphatic hydroxyl groups is 1. The molecule has 1 saturated heterocycles. The molecule has 1 unspecified atom stereocenters. The van der Waals surface area contributed by atoms with Crippen molar-refractivity contribution in [1.82, 2.24) is 4.90 Å². The summed E-state index contributed by atoms with van der Waals surface area (Å²) in [7, 11) is 3.21. The second kappa shape index (κ2) is 14.9. The molecule has 0 aliphatic carbocycles. The van der Waals surface area contributed by atoms with Gasteiger partial charge in [0, 0.05) is 15.1 Å². The molecule has 1 fully saturated rings. The summed E-state index contributed by atoms with van der Waals surface area (Å²) in [6.07, 6.45) is -3.19. The number of thioether (sulfide) groups is 1. The number of carbonyl (C=O) groups excluding carboxylic acids is 1. The highest BCUT2D eigenvalue weighted by Gasteiger charge is 2.53. The molecule has 1 amide bonds. The summed E-state index contributed by atoms with van der Waals surface area (Å²) >= 11 is 1.33. The van der Waals surface area contributed by atoms with Crippen LogP contribution in [0.25, 0.3) is 0 Å². The average Bonchev–Trinajstić information content (AvgIpc) is 3.41. The van der Waals surface area contributed by atoms with Gasteiger partial charge in [-0.05, 0) is 62.2 Å². The topological polar surface area (TPSA) is 108 Å². The van der Waals surface area contributed by atoms with Crippen molar-refractivity contribution in [2.75, 3.05) is 21.3 Å². The summed E-state index contributed by atoms with van der Waals surface area (Å²) in [5.41, 5.74) is 0.745. The van der Waals surface area contributed by atoms with E-state index in [-0.39, 0.29) is 13.2 Å². The van der Waals surface area contributed by atoms with Crippen LogP contribution in [0.4, 0.5) is 4.79 Å². The molecule has 0 radical (unpaired) electrons. The van der Waals surface area contributed by atoms with Crippen LogP contribution >= 0.6 is 11.8 Å². The van der Waals surface area contributed by atoms with Crippen LogP contribution in [0, 0.1) is 0 Å². The van der Waals surface area contributed by atoms with Gasteiger partial charge < -0.3 is 33.5 Å². The molecule has 2 heterocycles. The maximum atomic E-state index is 13.0. The Hall–Kier alpha value is -2.61. The fourth-order valence-electron chi connectivity index (χ4n) is 5.18. The quantitative estimate of drug-likeness (QED) is 0.293. The Morgan fingerprint density at radius 2 is 1.47 bits per heavy atom. The Morgan fingerprint density at radius 3 is 1.93 bits per heavy atom. The zero-order valence-corrected chi connectivity index (χ0v) is 29.6. The molecule has 2 aromatic rings. The number of fused-ring (bicyclic) bond motifs is 1. The van der Waals surface area contributed by atoms with Gasteiger partial charge in [-0.25, -0.2) is 4.79 Å². The molecule has 12 heteroatoms. The SMILES string of the molecule is COc1ccc(CO[C@@H]2[C@H]3N=C(N(C)C(=O)OC(C)(C)C)S[C@H]3O[C@H](C(O)C[Si](C)(C)C)[C@H]2OCc2ccc(OC)cc2)cc1. The average molecular weight is 661 g/mol. The van der Waals surface area contributed by atoms with E-state index in [2.05, 4.69) is 19.6 Å². The van der Waals surface area contributed by atoms with Crippen molar-refractivity contribution in [1.29, 1.82) is 0 Å². The summed E-state index contributed by atoms with van der Waals surface area (Å²) < 4.78 is 36.1. The van der Waals surface area contributed by atoms with Crippen LogP contribution in [-0.4, -0.2) is 92.1 Å². The molecular formula is C33H48N2O8SSi. The van der Waals surface area contributed by atoms with Crippen LogP contribution in [0.1, 0.15) is 31.9 Å². The zero-order valence-electron chi connectivity index (χ0n) is 27.8. The van der Waals surface area contributed by atoms with Crippen molar-refractivity contribution in [2.45, 2.75) is 101 Å². The Labute approximate surface area is 272 Å². The van der Waals surface area contributed by atoms with Gasteiger partial charge in [-0.1, -0.05) is 55.7 Å². The van der Waals surface area contributed by atoms with Gasteiger partial charge in [0.25, 0.3) is 0 Å². The molecule has 0 spiro atoms. The Balaban J connectivity index is 1.66. The van der Waals surface area contributed by atoms with E-state index in [0.29, 0.717) is 11.2 Å². The van der Waals surface area contributed by atoms with Crippen molar-refractivity contribution in [3.8, 4) is 11.5 Å². The molecule has 0 saturated carbocycles. The van der Waals surface area contributed by atoms with E-state index in [0.717, 1.165) is 22.6 Å². The Kier molecular flexibility index (Phi) is 11.6. The highest BCUT2D eigenvalue weighted by molar-refractivity contribution is 8.14. The molecule has 6 atom stereocenters. The minimum Gasteiger partial charge on any atom is -0.497 e. The highest BCUT2D eigenvalue weighted by atomic mass is 32.2. The maximum absolute atomic E-state index is 13.0. The lowest BCUT2D eigenvalue weighted by molar-refractivity contribution is -0.218. The van der Waals surface area contributed by atoms with Gasteiger partial charge in [0.2, 0.25) is 0 Å². The lowest BCUT2D eigenvalue weighted by Crippen LogP contribution is -2.60. The lowest BCUT2D eigenvalue weighted by atomic mass is 9.94. The number of hydrogen-bond donors (Lipinski definition) is 1. The minimum atomic E-state index is -1.69. The molecule has 2 aliphatic rings. The molecule has 0 aromatic heterocycles. The van der Waals surface area contributed by atoms with Crippen LogP contribution in [0.15, 0.2) is 53.5 Å². The minimum absolute atomic E-state index is 0.273. The number of aliphatic imine (C=N–C) groups is 1. The number of rotatable bonds is 11. The number of hydrogen-bond acceptors (Lipinski definition) is 10. The summed E-state index contributed by atoms with van der Waals surface area (Å²) in [6.45, 7) is 12.7. The number of methoxy groups -OCH3 is 2. The van der Waals surface area contributed by atoms with Gasteiger partial charge >= 0.3 is 6.09 Å². The van der Waals surface area contributed by atoms with Gasteiger partial charge in [-0.2, -0.15) is 0 Å². The van der Waals surface area contributed by atoms with Crippen molar-refractivity contribution < 1.29 is 38.3 Å². The summed E-state index contributed by atoms with van der Waals surface area (Å²) in [4.78, 5) is 19.3. The molecule has 248 valence electrons. The van der Waals surface area contributed by atoms with Crippen LogP contribution in [0.2, 0.25) is 25.7 Å². The molecular weight excluding hydrogens is 613 g/mol. The van der Waals surface area contributed by atoms with Gasteiger partial charge in [0.05, 0.1) is 33.5 Å². The maximum Gasteiger partial charge on any atom is 0.416 e. The van der Waals surface area contributed by atoms with Crippen LogP contribution in [0.3, 0.4) is 0 Å². The monoisotopic (exact) mass is 660 g/mol. The Bertz CT molecular complexity index is 1300. The van der Waals surface area contributed by atoms with E-state index in [9.17, 15) is 9.90 Å². The fourth-order valence-corrected chi connectivity index (χ4v) is 7.83. The summed E-state index contributed by atoms with van der Waals surface area (Å²) in [5, 5.41) is 12.1. The second-order valence-electron chi connectivity index (χ2n) is 13.6. The molecule has 45 heavy (non-hydrogen) atoms. The van der Waals surface area contributed by atoms with Crippen molar-refractivity contribution in [3.05, 3.63) is 59.7 Å². The van der Waals surface area contributed by atoms with Gasteiger partial charge in [0.15, 0.2) is 5.17 Å². The van der Waals surface area contributed by atoms with Crippen molar-refractivity contribution in [3.63, 3.8) is 0 Å². The van der Waals surface area contributed by atoms with E-state index in [1.165, 1.54) is 16.7 Å². The van der Waals surface area contributed by atoms with E-state index in [1.54, 1.807) is 21.3 Å². The zero-order chi connectivity index (χ0) is 32.9. The van der Waals surface area contributed by atoms with E-state index < -0.39 is 55.7 Å². The largest absolute Gasteiger partial charge is 0.497 e. The van der Waals surface area contributed by atoms with E-state index in [4.69, 9.17) is 33.4 Å². The Morgan fingerprint density at radius 1 is 0.956 bits per heavy atom. The number of amidine groups is 1. The predicted molar refractivity (Wildman–Crippen MR) is 179 cm³/mol. The number of nitrogens with zero attached hydrogens (tertiary/aromatic N) is 2. The predicted octanol–water partition coefficient (Wildman–Crippen LogP) is 5.94. The highest BCUT2D eigenvalue weighted by Crippen LogP contribution is 2.42.